The number of carbonyl (C=O) groups excluding carboxylic acids is 3. The monoisotopic (exact) mass is 670 g/mol. The van der Waals surface area contributed by atoms with Gasteiger partial charge in [0.05, 0.1) is 30.9 Å². The Labute approximate surface area is 286 Å². The molecule has 1 N–H and O–H groups in total. The van der Waals surface area contributed by atoms with Gasteiger partial charge in [-0.3, -0.25) is 4.79 Å². The van der Waals surface area contributed by atoms with E-state index >= 15 is 0 Å². The van der Waals surface area contributed by atoms with Crippen LogP contribution in [0.25, 0.3) is 0 Å². The summed E-state index contributed by atoms with van der Waals surface area (Å²) in [5, 5.41) is 3.14. The predicted molar refractivity (Wildman–Crippen MR) is 181 cm³/mol. The zero-order valence-electron chi connectivity index (χ0n) is 30.5. The van der Waals surface area contributed by atoms with E-state index in [2.05, 4.69) is 26.1 Å². The lowest BCUT2D eigenvalue weighted by Gasteiger charge is -2.64. The summed E-state index contributed by atoms with van der Waals surface area (Å²) in [5.41, 5.74) is -0.496. The van der Waals surface area contributed by atoms with Crippen molar-refractivity contribution in [1.29, 1.82) is 0 Å². The van der Waals surface area contributed by atoms with Crippen LogP contribution in [-0.4, -0.2) is 91.7 Å². The fourth-order valence-corrected chi connectivity index (χ4v) is 7.98. The molecular formula is C36H55BN2O9. The van der Waals surface area contributed by atoms with Gasteiger partial charge in [-0.25, -0.2) is 9.59 Å². The molecule has 5 unspecified atom stereocenters. The maximum absolute atomic E-state index is 13.5. The van der Waals surface area contributed by atoms with E-state index in [1.165, 1.54) is 7.11 Å². The summed E-state index contributed by atoms with van der Waals surface area (Å²) < 4.78 is 36.4. The summed E-state index contributed by atoms with van der Waals surface area (Å²) in [6.07, 6.45) is 2.98. The van der Waals surface area contributed by atoms with Crippen molar-refractivity contribution in [3.63, 3.8) is 0 Å². The molecule has 1 aromatic carbocycles. The normalized spacial score (nSPS) is 27.4. The Kier molecular flexibility index (Phi) is 10.2. The van der Waals surface area contributed by atoms with Gasteiger partial charge >= 0.3 is 19.2 Å². The van der Waals surface area contributed by atoms with Crippen LogP contribution in [0.15, 0.2) is 18.2 Å². The second-order valence-electron chi connectivity index (χ2n) is 16.7. The molecule has 0 radical (unpaired) electrons. The maximum Gasteiger partial charge on any atom is 0.482 e. The number of hydrogen-bond acceptors (Lipinski definition) is 9. The molecule has 12 heteroatoms. The number of piperidine rings is 1. The molecule has 6 rings (SSSR count). The summed E-state index contributed by atoms with van der Waals surface area (Å²) in [7, 11) is 0.821. The standard InChI is InChI=1S/C36H55BN2O9/c1-33(2,3)45-31(41)25-13-11-12-22(30(25)43-10)18-28(37-47-27-20-23-19-26(35(23,7)8)36(27,9)48-37)38-29(40)21-44-24-14-16-39(17-15-24)32(42)46-34(4,5)6/h11-13,23-24,26-28H,14-21H2,1-10H3,(H,38,40). The number of para-hydroxylation sites is 1. The fraction of sp³-hybridized carbons (Fsp3) is 0.750. The third kappa shape index (κ3) is 7.81. The third-order valence-corrected chi connectivity index (χ3v) is 10.5. The molecule has 2 bridgehead atoms. The van der Waals surface area contributed by atoms with E-state index in [0.717, 1.165) is 18.4 Å². The number of benzene rings is 1. The maximum atomic E-state index is 13.5. The van der Waals surface area contributed by atoms with Crippen molar-refractivity contribution in [3.05, 3.63) is 29.3 Å². The number of amides is 2. The number of esters is 1. The molecule has 2 aliphatic heterocycles. The SMILES string of the molecule is COc1c(CC(NC(=O)COC2CCN(C(=O)OC(C)(C)C)CC2)B2OC3CC4CC(C4(C)C)C3(C)O2)cccc1C(=O)OC(C)(C)C. The molecule has 2 saturated heterocycles. The molecule has 0 aromatic heterocycles. The Bertz CT molecular complexity index is 1360. The van der Waals surface area contributed by atoms with Crippen LogP contribution in [0.1, 0.15) is 104 Å². The molecule has 2 amide bonds. The van der Waals surface area contributed by atoms with Crippen LogP contribution in [0.3, 0.4) is 0 Å². The zero-order valence-corrected chi connectivity index (χ0v) is 30.5. The lowest BCUT2D eigenvalue weighted by Crippen LogP contribution is -2.65. The summed E-state index contributed by atoms with van der Waals surface area (Å²) in [6.45, 7) is 18.6. The van der Waals surface area contributed by atoms with Crippen molar-refractivity contribution in [2.24, 2.45) is 17.3 Å². The van der Waals surface area contributed by atoms with Crippen molar-refractivity contribution >= 4 is 25.1 Å². The molecular weight excluding hydrogens is 615 g/mol. The van der Waals surface area contributed by atoms with Gasteiger partial charge in [0.25, 0.3) is 0 Å². The predicted octanol–water partition coefficient (Wildman–Crippen LogP) is 5.36. The zero-order chi connectivity index (χ0) is 35.2. The van der Waals surface area contributed by atoms with Gasteiger partial charge in [0.2, 0.25) is 5.91 Å². The summed E-state index contributed by atoms with van der Waals surface area (Å²) >= 11 is 0. The highest BCUT2D eigenvalue weighted by Crippen LogP contribution is 2.65. The smallest absolute Gasteiger partial charge is 0.482 e. The first-order valence-corrected chi connectivity index (χ1v) is 17.4. The van der Waals surface area contributed by atoms with Crippen LogP contribution in [0.2, 0.25) is 0 Å². The molecule has 48 heavy (non-hydrogen) atoms. The third-order valence-electron chi connectivity index (χ3n) is 10.5. The van der Waals surface area contributed by atoms with Crippen LogP contribution in [0, 0.1) is 17.3 Å². The van der Waals surface area contributed by atoms with Crippen LogP contribution in [0.4, 0.5) is 4.79 Å². The van der Waals surface area contributed by atoms with E-state index in [-0.39, 0.29) is 36.2 Å². The molecule has 2 heterocycles. The van der Waals surface area contributed by atoms with Gasteiger partial charge in [-0.2, -0.15) is 0 Å². The van der Waals surface area contributed by atoms with Gasteiger partial charge in [0.15, 0.2) is 0 Å². The van der Waals surface area contributed by atoms with Gasteiger partial charge in [0, 0.05) is 13.1 Å². The van der Waals surface area contributed by atoms with E-state index in [1.54, 1.807) is 17.0 Å². The number of ether oxygens (including phenoxy) is 4. The average molecular weight is 671 g/mol. The van der Waals surface area contributed by atoms with Gasteiger partial charge in [-0.1, -0.05) is 26.0 Å². The Morgan fingerprint density at radius 1 is 1.02 bits per heavy atom. The Morgan fingerprint density at radius 2 is 1.69 bits per heavy atom. The molecule has 5 atom stereocenters. The number of hydrogen-bond donors (Lipinski definition) is 1. The second kappa shape index (κ2) is 13.5. The number of nitrogens with zero attached hydrogens (tertiary/aromatic N) is 1. The van der Waals surface area contributed by atoms with Gasteiger partial charge in [0.1, 0.15) is 29.1 Å². The van der Waals surface area contributed by atoms with E-state index < -0.39 is 35.8 Å². The summed E-state index contributed by atoms with van der Waals surface area (Å²) in [4.78, 5) is 40.8. The largest absolute Gasteiger partial charge is 0.496 e. The second-order valence-corrected chi connectivity index (χ2v) is 16.7. The molecule has 5 fully saturated rings. The Balaban J connectivity index is 1.28. The van der Waals surface area contributed by atoms with Crippen molar-refractivity contribution in [2.75, 3.05) is 26.8 Å². The minimum atomic E-state index is -0.703. The molecule has 5 aliphatic rings. The van der Waals surface area contributed by atoms with Crippen molar-refractivity contribution < 1.29 is 42.6 Å². The average Bonchev–Trinajstić information content (AvgIpc) is 3.35. The molecule has 0 spiro atoms. The van der Waals surface area contributed by atoms with E-state index in [0.29, 0.717) is 55.5 Å². The van der Waals surface area contributed by atoms with Crippen LogP contribution < -0.4 is 10.1 Å². The minimum Gasteiger partial charge on any atom is -0.496 e. The number of rotatable bonds is 9. The first-order chi connectivity index (χ1) is 22.3. The number of methoxy groups -OCH3 is 1. The molecule has 11 nitrogen and oxygen atoms in total. The summed E-state index contributed by atoms with van der Waals surface area (Å²) in [5.74, 6) is -0.0353. The first kappa shape index (κ1) is 36.5. The van der Waals surface area contributed by atoms with Crippen LogP contribution in [0.5, 0.6) is 5.75 Å². The molecule has 3 aliphatic carbocycles. The minimum absolute atomic E-state index is 0.0694. The van der Waals surface area contributed by atoms with Gasteiger partial charge < -0.3 is 38.5 Å². The van der Waals surface area contributed by atoms with Crippen LogP contribution in [-0.2, 0) is 34.7 Å². The quantitative estimate of drug-likeness (QED) is 0.273. The summed E-state index contributed by atoms with van der Waals surface area (Å²) in [6, 6.07) is 5.35. The Morgan fingerprint density at radius 3 is 2.29 bits per heavy atom. The topological polar surface area (TPSA) is 122 Å². The van der Waals surface area contributed by atoms with E-state index in [1.807, 2.05) is 47.6 Å². The first-order valence-electron chi connectivity index (χ1n) is 17.4. The highest BCUT2D eigenvalue weighted by Gasteiger charge is 2.68. The van der Waals surface area contributed by atoms with Gasteiger partial charge in [-0.15, -0.1) is 0 Å². The molecule has 1 aromatic rings. The highest BCUT2D eigenvalue weighted by molar-refractivity contribution is 6.48. The molecule has 266 valence electrons. The number of nitrogens with one attached hydrogen (secondary N) is 1. The van der Waals surface area contributed by atoms with Crippen molar-refractivity contribution in [2.45, 2.75) is 129 Å². The lowest BCUT2D eigenvalue weighted by molar-refractivity contribution is -0.199. The van der Waals surface area contributed by atoms with Crippen LogP contribution >= 0.6 is 0 Å². The molecule has 3 saturated carbocycles. The Hall–Kier alpha value is -2.83. The van der Waals surface area contributed by atoms with Gasteiger partial charge in [-0.05, 0) is 109 Å². The number of carbonyl (C=O) groups is 3. The lowest BCUT2D eigenvalue weighted by atomic mass is 9.43. The fourth-order valence-electron chi connectivity index (χ4n) is 7.98. The van der Waals surface area contributed by atoms with E-state index in [4.69, 9.17) is 28.3 Å². The van der Waals surface area contributed by atoms with Crippen molar-refractivity contribution in [3.8, 4) is 5.75 Å². The van der Waals surface area contributed by atoms with Crippen molar-refractivity contribution in [1.82, 2.24) is 10.2 Å². The van der Waals surface area contributed by atoms with E-state index in [9.17, 15) is 14.4 Å². The number of likely N-dealkylation sites (tertiary alicyclic amines) is 1. The highest BCUT2D eigenvalue weighted by atomic mass is 16.7.